The van der Waals surface area contributed by atoms with Gasteiger partial charge in [0.2, 0.25) is 0 Å². The summed E-state index contributed by atoms with van der Waals surface area (Å²) in [7, 11) is 0. The molecule has 1 aromatic rings. The van der Waals surface area contributed by atoms with Crippen LogP contribution in [-0.2, 0) is 0 Å². The fourth-order valence-electron chi connectivity index (χ4n) is 0.740. The van der Waals surface area contributed by atoms with E-state index in [9.17, 15) is 9.18 Å². The summed E-state index contributed by atoms with van der Waals surface area (Å²) in [5, 5.41) is 0. The predicted octanol–water partition coefficient (Wildman–Crippen LogP) is 0.804. The molecule has 0 spiro atoms. The normalized spacial score (nSPS) is 9.18. The molecule has 0 radical (unpaired) electrons. The highest BCUT2D eigenvalue weighted by molar-refractivity contribution is 5.32. The summed E-state index contributed by atoms with van der Waals surface area (Å²) in [6.45, 7) is 1.51. The van der Waals surface area contributed by atoms with Crippen LogP contribution in [0.15, 0.2) is 10.9 Å². The minimum Gasteiger partial charge on any atom is -0.315 e. The van der Waals surface area contributed by atoms with Gasteiger partial charge in [0.15, 0.2) is 0 Å². The van der Waals surface area contributed by atoms with Crippen molar-refractivity contribution in [1.82, 2.24) is 4.98 Å². The predicted molar refractivity (Wildman–Crippen MR) is 39.7 cm³/mol. The van der Waals surface area contributed by atoms with E-state index >= 15 is 0 Å². The average Bonchev–Trinajstić information content (AvgIpc) is 1.96. The smallest absolute Gasteiger partial charge is 0.251 e. The zero-order valence-corrected chi connectivity index (χ0v) is 5.94. The molecule has 1 aromatic heterocycles. The van der Waals surface area contributed by atoms with Gasteiger partial charge in [-0.25, -0.2) is 4.39 Å². The second kappa shape index (κ2) is 2.59. The molecule has 0 aliphatic rings. The van der Waals surface area contributed by atoms with Gasteiger partial charge >= 0.3 is 0 Å². The number of hydrogen-bond donors (Lipinski definition) is 1. The molecule has 0 unspecified atom stereocenters. The molecular formula is C8H6FNO. The van der Waals surface area contributed by atoms with Crippen molar-refractivity contribution in [3.8, 4) is 12.3 Å². The van der Waals surface area contributed by atoms with Gasteiger partial charge in [0, 0.05) is 11.6 Å². The Kier molecular flexibility index (Phi) is 1.77. The van der Waals surface area contributed by atoms with Crippen LogP contribution in [0.1, 0.15) is 11.3 Å². The quantitative estimate of drug-likeness (QED) is 0.546. The molecule has 0 aliphatic heterocycles. The summed E-state index contributed by atoms with van der Waals surface area (Å²) in [5.41, 5.74) is -0.0110. The zero-order chi connectivity index (χ0) is 8.43. The third kappa shape index (κ3) is 1.30. The van der Waals surface area contributed by atoms with Crippen molar-refractivity contribution in [3.63, 3.8) is 0 Å². The van der Waals surface area contributed by atoms with Gasteiger partial charge in [-0.1, -0.05) is 5.92 Å². The Morgan fingerprint density at radius 1 is 1.73 bits per heavy atom. The Morgan fingerprint density at radius 2 is 2.36 bits per heavy atom. The molecule has 1 N–H and O–H groups in total. The lowest BCUT2D eigenvalue weighted by molar-refractivity contribution is 0.613. The van der Waals surface area contributed by atoms with Gasteiger partial charge in [-0.15, -0.1) is 6.42 Å². The number of halogens is 1. The first-order chi connectivity index (χ1) is 5.15. The zero-order valence-electron chi connectivity index (χ0n) is 5.94. The van der Waals surface area contributed by atoms with Crippen molar-refractivity contribution in [3.05, 3.63) is 33.5 Å². The van der Waals surface area contributed by atoms with Crippen LogP contribution in [0.25, 0.3) is 0 Å². The van der Waals surface area contributed by atoms with Crippen LogP contribution in [0.3, 0.4) is 0 Å². The maximum Gasteiger partial charge on any atom is 0.251 e. The first-order valence-electron chi connectivity index (χ1n) is 3.01. The molecule has 0 saturated carbocycles. The molecule has 56 valence electrons. The van der Waals surface area contributed by atoms with Crippen LogP contribution < -0.4 is 5.56 Å². The number of hydrogen-bond acceptors (Lipinski definition) is 1. The molecule has 0 fully saturated rings. The van der Waals surface area contributed by atoms with Crippen LogP contribution in [0.5, 0.6) is 0 Å². The molecule has 1 rings (SSSR count). The van der Waals surface area contributed by atoms with E-state index in [0.717, 1.165) is 6.07 Å². The van der Waals surface area contributed by atoms with Crippen molar-refractivity contribution in [2.75, 3.05) is 0 Å². The SMILES string of the molecule is C#Cc1[nH]c(=O)cc(F)c1C. The van der Waals surface area contributed by atoms with Crippen LogP contribution in [-0.4, -0.2) is 4.98 Å². The lowest BCUT2D eigenvalue weighted by atomic mass is 10.2. The Morgan fingerprint density at radius 3 is 2.91 bits per heavy atom. The van der Waals surface area contributed by atoms with Gasteiger partial charge in [0.25, 0.3) is 5.56 Å². The molecule has 0 atom stereocenters. The Balaban J connectivity index is 3.52. The van der Waals surface area contributed by atoms with E-state index in [0.29, 0.717) is 5.56 Å². The van der Waals surface area contributed by atoms with Crippen LogP contribution in [0, 0.1) is 25.1 Å². The molecule has 1 heterocycles. The number of H-pyrrole nitrogens is 1. The number of terminal acetylenes is 1. The van der Waals surface area contributed by atoms with Crippen molar-refractivity contribution in [2.24, 2.45) is 0 Å². The van der Waals surface area contributed by atoms with Crippen molar-refractivity contribution in [1.29, 1.82) is 0 Å². The fourth-order valence-corrected chi connectivity index (χ4v) is 0.740. The summed E-state index contributed by atoms with van der Waals surface area (Å²) in [5.74, 6) is 1.61. The summed E-state index contributed by atoms with van der Waals surface area (Å²) in [6, 6.07) is 0.871. The topological polar surface area (TPSA) is 32.9 Å². The van der Waals surface area contributed by atoms with Gasteiger partial charge in [0.05, 0.1) is 5.69 Å². The molecule has 0 bridgehead atoms. The maximum absolute atomic E-state index is 12.7. The first kappa shape index (κ1) is 7.55. The molecule has 0 saturated heterocycles. The number of aromatic nitrogens is 1. The summed E-state index contributed by atoms with van der Waals surface area (Å²) < 4.78 is 12.7. The Hall–Kier alpha value is -1.56. The molecule has 2 nitrogen and oxygen atoms in total. The highest BCUT2D eigenvalue weighted by Gasteiger charge is 2.02. The van der Waals surface area contributed by atoms with E-state index in [4.69, 9.17) is 6.42 Å². The number of pyridine rings is 1. The van der Waals surface area contributed by atoms with Gasteiger partial charge in [-0.3, -0.25) is 4.79 Å². The number of aromatic amines is 1. The van der Waals surface area contributed by atoms with E-state index in [1.54, 1.807) is 0 Å². The standard InChI is InChI=1S/C8H6FNO/c1-3-7-5(2)6(9)4-8(11)10-7/h1,4H,2H3,(H,10,11). The van der Waals surface area contributed by atoms with E-state index in [2.05, 4.69) is 10.9 Å². The number of rotatable bonds is 0. The molecule has 0 aromatic carbocycles. The summed E-state index contributed by atoms with van der Waals surface area (Å²) in [4.78, 5) is 13.0. The lowest BCUT2D eigenvalue weighted by Gasteiger charge is -1.97. The summed E-state index contributed by atoms with van der Waals surface area (Å²) >= 11 is 0. The van der Waals surface area contributed by atoms with E-state index < -0.39 is 11.4 Å². The minimum absolute atomic E-state index is 0.204. The van der Waals surface area contributed by atoms with Crippen LogP contribution >= 0.6 is 0 Å². The van der Waals surface area contributed by atoms with Gasteiger partial charge in [0.1, 0.15) is 5.82 Å². The Bertz CT molecular complexity index is 373. The lowest BCUT2D eigenvalue weighted by Crippen LogP contribution is -2.09. The van der Waals surface area contributed by atoms with Crippen molar-refractivity contribution >= 4 is 0 Å². The highest BCUT2D eigenvalue weighted by Crippen LogP contribution is 2.04. The molecule has 11 heavy (non-hydrogen) atoms. The minimum atomic E-state index is -0.568. The first-order valence-corrected chi connectivity index (χ1v) is 3.01. The monoisotopic (exact) mass is 151 g/mol. The summed E-state index contributed by atoms with van der Waals surface area (Å²) in [6.07, 6.45) is 5.00. The average molecular weight is 151 g/mol. The van der Waals surface area contributed by atoms with Crippen LogP contribution in [0.4, 0.5) is 4.39 Å². The number of nitrogens with one attached hydrogen (secondary N) is 1. The third-order valence-electron chi connectivity index (χ3n) is 1.38. The molecule has 3 heteroatoms. The van der Waals surface area contributed by atoms with Crippen molar-refractivity contribution in [2.45, 2.75) is 6.92 Å². The maximum atomic E-state index is 12.7. The van der Waals surface area contributed by atoms with Crippen LogP contribution in [0.2, 0.25) is 0 Å². The second-order valence-corrected chi connectivity index (χ2v) is 2.13. The highest BCUT2D eigenvalue weighted by atomic mass is 19.1. The van der Waals surface area contributed by atoms with Gasteiger partial charge in [-0.05, 0) is 6.92 Å². The molecule has 0 amide bonds. The molecule has 0 aliphatic carbocycles. The van der Waals surface area contributed by atoms with Gasteiger partial charge < -0.3 is 4.98 Å². The second-order valence-electron chi connectivity index (χ2n) is 2.13. The fraction of sp³-hybridized carbons (Fsp3) is 0.125. The van der Waals surface area contributed by atoms with Crippen molar-refractivity contribution < 1.29 is 4.39 Å². The Labute approximate surface area is 63.1 Å². The van der Waals surface area contributed by atoms with E-state index in [1.807, 2.05) is 0 Å². The van der Waals surface area contributed by atoms with E-state index in [1.165, 1.54) is 6.92 Å². The largest absolute Gasteiger partial charge is 0.315 e. The molecular weight excluding hydrogens is 145 g/mol. The van der Waals surface area contributed by atoms with Gasteiger partial charge in [-0.2, -0.15) is 0 Å². The van der Waals surface area contributed by atoms with E-state index in [-0.39, 0.29) is 5.69 Å². The third-order valence-corrected chi connectivity index (χ3v) is 1.38.